The predicted octanol–water partition coefficient (Wildman–Crippen LogP) is 5.84. The van der Waals surface area contributed by atoms with Gasteiger partial charge in [0.05, 0.1) is 0 Å². The lowest BCUT2D eigenvalue weighted by molar-refractivity contribution is 0.272. The van der Waals surface area contributed by atoms with Crippen LogP contribution in [0, 0.1) is 6.92 Å². The second kappa shape index (κ2) is 7.01. The highest BCUT2D eigenvalue weighted by molar-refractivity contribution is 5.87. The number of aryl methyl sites for hydroxylation is 1. The van der Waals surface area contributed by atoms with Gasteiger partial charge in [0.2, 0.25) is 0 Å². The molecule has 1 nitrogen and oxygen atoms in total. The van der Waals surface area contributed by atoms with E-state index in [1.807, 2.05) is 0 Å². The fourth-order valence-corrected chi connectivity index (χ4v) is 3.97. The molecule has 1 saturated heterocycles. The molecule has 0 N–H and O–H groups in total. The van der Waals surface area contributed by atoms with Gasteiger partial charge in [0.1, 0.15) is 0 Å². The molecule has 0 unspecified atom stereocenters. The summed E-state index contributed by atoms with van der Waals surface area (Å²) in [6.07, 6.45) is 3.88. The van der Waals surface area contributed by atoms with Gasteiger partial charge in [0.15, 0.2) is 0 Å². The minimum Gasteiger partial charge on any atom is -0.300 e. The Labute approximate surface area is 151 Å². The van der Waals surface area contributed by atoms with Crippen molar-refractivity contribution < 1.29 is 0 Å². The van der Waals surface area contributed by atoms with E-state index < -0.39 is 0 Å². The Morgan fingerprint density at radius 1 is 0.880 bits per heavy atom. The molecule has 3 aromatic carbocycles. The summed E-state index contributed by atoms with van der Waals surface area (Å²) < 4.78 is 0. The summed E-state index contributed by atoms with van der Waals surface area (Å²) in [5.74, 6) is 0. The molecule has 128 valence electrons. The molecule has 0 spiro atoms. The van der Waals surface area contributed by atoms with E-state index in [0.717, 1.165) is 12.5 Å². The van der Waals surface area contributed by atoms with Gasteiger partial charge in [-0.05, 0) is 73.2 Å². The number of fused-ring (bicyclic) bond motifs is 1. The van der Waals surface area contributed by atoms with Gasteiger partial charge in [-0.3, -0.25) is 0 Å². The molecule has 0 aromatic heterocycles. The highest BCUT2D eigenvalue weighted by Gasteiger charge is 2.19. The van der Waals surface area contributed by atoms with Crippen molar-refractivity contribution >= 4 is 10.8 Å². The highest BCUT2D eigenvalue weighted by Crippen LogP contribution is 2.26. The van der Waals surface area contributed by atoms with E-state index in [1.54, 1.807) is 0 Å². The van der Waals surface area contributed by atoms with Gasteiger partial charge in [0.25, 0.3) is 0 Å². The summed E-state index contributed by atoms with van der Waals surface area (Å²) in [4.78, 5) is 2.63. The van der Waals surface area contributed by atoms with Crippen molar-refractivity contribution in [3.63, 3.8) is 0 Å². The molecule has 3 aromatic rings. The van der Waals surface area contributed by atoms with Gasteiger partial charge in [0, 0.05) is 12.6 Å². The average Bonchev–Trinajstić information content (AvgIpc) is 3.05. The Hall–Kier alpha value is -2.12. The monoisotopic (exact) mass is 329 g/mol. The Morgan fingerprint density at radius 2 is 1.60 bits per heavy atom. The molecule has 1 heteroatoms. The number of hydrogen-bond acceptors (Lipinski definition) is 1. The maximum atomic E-state index is 2.63. The van der Waals surface area contributed by atoms with Crippen LogP contribution in [-0.4, -0.2) is 24.0 Å². The Balaban J connectivity index is 1.53. The van der Waals surface area contributed by atoms with E-state index >= 15 is 0 Å². The number of likely N-dealkylation sites (tertiary alicyclic amines) is 1. The number of hydrogen-bond donors (Lipinski definition) is 0. The van der Waals surface area contributed by atoms with Crippen LogP contribution in [0.1, 0.15) is 30.9 Å². The van der Waals surface area contributed by atoms with Crippen molar-refractivity contribution in [1.82, 2.24) is 4.90 Å². The van der Waals surface area contributed by atoms with Crippen LogP contribution in [-0.2, 0) is 6.42 Å². The molecule has 1 atom stereocenters. The molecule has 25 heavy (non-hydrogen) atoms. The van der Waals surface area contributed by atoms with Crippen LogP contribution in [0.5, 0.6) is 0 Å². The molecule has 0 saturated carbocycles. The lowest BCUT2D eigenvalue weighted by atomic mass is 9.98. The van der Waals surface area contributed by atoms with Crippen molar-refractivity contribution in [1.29, 1.82) is 0 Å². The standard InChI is InChI=1S/C24H27N/c1-18-5-8-21(9-6-18)23-12-11-22-16-20(7-10-24(22)17-23)13-15-25-14-3-4-19(25)2/h5-12,16-17,19H,3-4,13-15H2,1-2H3/t19-/m1/s1. The summed E-state index contributed by atoms with van der Waals surface area (Å²) in [6, 6.07) is 23.3. The second-order valence-corrected chi connectivity index (χ2v) is 7.54. The third-order valence-corrected chi connectivity index (χ3v) is 5.67. The number of benzene rings is 3. The lowest BCUT2D eigenvalue weighted by Crippen LogP contribution is -2.28. The Bertz CT molecular complexity index is 863. The molecule has 0 amide bonds. The quantitative estimate of drug-likeness (QED) is 0.581. The topological polar surface area (TPSA) is 3.24 Å². The zero-order chi connectivity index (χ0) is 17.2. The van der Waals surface area contributed by atoms with E-state index in [2.05, 4.69) is 79.4 Å². The van der Waals surface area contributed by atoms with Crippen LogP contribution in [0.25, 0.3) is 21.9 Å². The van der Waals surface area contributed by atoms with E-state index in [-0.39, 0.29) is 0 Å². The summed E-state index contributed by atoms with van der Waals surface area (Å²) in [6.45, 7) is 6.96. The zero-order valence-corrected chi connectivity index (χ0v) is 15.3. The van der Waals surface area contributed by atoms with Gasteiger partial charge in [-0.15, -0.1) is 0 Å². The molecule has 1 aliphatic heterocycles. The maximum absolute atomic E-state index is 2.63. The number of rotatable bonds is 4. The molecule has 0 radical (unpaired) electrons. The number of nitrogens with zero attached hydrogens (tertiary/aromatic N) is 1. The third-order valence-electron chi connectivity index (χ3n) is 5.67. The highest BCUT2D eigenvalue weighted by atomic mass is 15.2. The summed E-state index contributed by atoms with van der Waals surface area (Å²) >= 11 is 0. The van der Waals surface area contributed by atoms with E-state index in [9.17, 15) is 0 Å². The van der Waals surface area contributed by atoms with Crippen molar-refractivity contribution in [2.75, 3.05) is 13.1 Å². The van der Waals surface area contributed by atoms with Gasteiger partial charge >= 0.3 is 0 Å². The Morgan fingerprint density at radius 3 is 2.36 bits per heavy atom. The SMILES string of the molecule is Cc1ccc(-c2ccc3cc(CCN4CCC[C@H]4C)ccc3c2)cc1. The smallest absolute Gasteiger partial charge is 0.00675 e. The van der Waals surface area contributed by atoms with Gasteiger partial charge in [-0.25, -0.2) is 0 Å². The molecular weight excluding hydrogens is 302 g/mol. The molecular formula is C24H27N. The van der Waals surface area contributed by atoms with E-state index in [0.29, 0.717) is 0 Å². The average molecular weight is 329 g/mol. The molecule has 1 heterocycles. The first-order valence-corrected chi connectivity index (χ1v) is 9.53. The zero-order valence-electron chi connectivity index (χ0n) is 15.3. The van der Waals surface area contributed by atoms with Crippen LogP contribution in [0.4, 0.5) is 0 Å². The maximum Gasteiger partial charge on any atom is 0.00675 e. The first-order chi connectivity index (χ1) is 12.2. The normalized spacial score (nSPS) is 18.1. The van der Waals surface area contributed by atoms with Crippen LogP contribution in [0.3, 0.4) is 0 Å². The molecule has 0 bridgehead atoms. The third kappa shape index (κ3) is 3.62. The molecule has 1 aliphatic rings. The van der Waals surface area contributed by atoms with Crippen molar-refractivity contribution in [3.05, 3.63) is 71.8 Å². The summed E-state index contributed by atoms with van der Waals surface area (Å²) in [5, 5.41) is 2.68. The molecule has 0 aliphatic carbocycles. The lowest BCUT2D eigenvalue weighted by Gasteiger charge is -2.20. The minimum absolute atomic E-state index is 0.762. The Kier molecular flexibility index (Phi) is 4.59. The fourth-order valence-electron chi connectivity index (χ4n) is 3.97. The first kappa shape index (κ1) is 16.4. The van der Waals surface area contributed by atoms with Crippen molar-refractivity contribution in [2.45, 2.75) is 39.2 Å². The van der Waals surface area contributed by atoms with E-state index in [1.165, 1.54) is 59.0 Å². The minimum atomic E-state index is 0.762. The van der Waals surface area contributed by atoms with Crippen LogP contribution in [0.15, 0.2) is 60.7 Å². The van der Waals surface area contributed by atoms with Gasteiger partial charge in [-0.1, -0.05) is 60.2 Å². The first-order valence-electron chi connectivity index (χ1n) is 9.53. The summed E-state index contributed by atoms with van der Waals surface area (Å²) in [7, 11) is 0. The second-order valence-electron chi connectivity index (χ2n) is 7.54. The van der Waals surface area contributed by atoms with Gasteiger partial charge < -0.3 is 4.90 Å². The molecule has 4 rings (SSSR count). The van der Waals surface area contributed by atoms with Crippen molar-refractivity contribution in [2.24, 2.45) is 0 Å². The largest absolute Gasteiger partial charge is 0.300 e. The van der Waals surface area contributed by atoms with E-state index in [4.69, 9.17) is 0 Å². The van der Waals surface area contributed by atoms with Crippen LogP contribution in [0.2, 0.25) is 0 Å². The fraction of sp³-hybridized carbons (Fsp3) is 0.333. The predicted molar refractivity (Wildman–Crippen MR) is 108 cm³/mol. The summed E-state index contributed by atoms with van der Waals surface area (Å²) in [5.41, 5.74) is 5.35. The van der Waals surface area contributed by atoms with Crippen LogP contribution >= 0.6 is 0 Å². The van der Waals surface area contributed by atoms with Gasteiger partial charge in [-0.2, -0.15) is 0 Å². The van der Waals surface area contributed by atoms with Crippen molar-refractivity contribution in [3.8, 4) is 11.1 Å². The van der Waals surface area contributed by atoms with Crippen LogP contribution < -0.4 is 0 Å². The molecule has 1 fully saturated rings.